The van der Waals surface area contributed by atoms with Crippen molar-refractivity contribution in [1.82, 2.24) is 25.4 Å². The molecule has 2 amide bonds. The van der Waals surface area contributed by atoms with Crippen molar-refractivity contribution in [2.45, 2.75) is 32.2 Å². The van der Waals surface area contributed by atoms with Crippen LogP contribution in [0.5, 0.6) is 0 Å². The molecule has 1 aliphatic heterocycles. The predicted octanol–water partition coefficient (Wildman–Crippen LogP) is 1.63. The van der Waals surface area contributed by atoms with Crippen LogP contribution in [-0.4, -0.2) is 46.5 Å². The molecule has 3 rings (SSSR count). The first-order valence-corrected chi connectivity index (χ1v) is 8.79. The van der Waals surface area contributed by atoms with E-state index in [0.717, 1.165) is 43.6 Å². The zero-order valence-corrected chi connectivity index (χ0v) is 14.9. The minimum absolute atomic E-state index is 0.0928. The Labute approximate surface area is 148 Å². The van der Waals surface area contributed by atoms with Gasteiger partial charge in [0.2, 0.25) is 0 Å². The number of amides is 2. The van der Waals surface area contributed by atoms with Gasteiger partial charge in [-0.15, -0.1) is 0 Å². The average Bonchev–Trinajstić information content (AvgIpc) is 3.03. The van der Waals surface area contributed by atoms with Crippen LogP contribution in [0.1, 0.15) is 24.0 Å². The molecular formula is C18H26N6O. The first-order valence-electron chi connectivity index (χ1n) is 8.79. The summed E-state index contributed by atoms with van der Waals surface area (Å²) >= 11 is 0. The van der Waals surface area contributed by atoms with E-state index in [0.29, 0.717) is 6.54 Å². The number of rotatable bonds is 5. The zero-order valence-electron chi connectivity index (χ0n) is 14.9. The molecule has 1 aliphatic rings. The number of pyridine rings is 1. The van der Waals surface area contributed by atoms with Crippen molar-refractivity contribution >= 4 is 11.7 Å². The number of aromatic nitrogens is 3. The van der Waals surface area contributed by atoms with Crippen LogP contribution in [0.25, 0.3) is 0 Å². The Bertz CT molecular complexity index is 713. The highest BCUT2D eigenvalue weighted by molar-refractivity contribution is 5.74. The van der Waals surface area contributed by atoms with Gasteiger partial charge in [-0.3, -0.25) is 9.67 Å². The second kappa shape index (κ2) is 8.00. The van der Waals surface area contributed by atoms with E-state index in [9.17, 15) is 4.79 Å². The Balaban J connectivity index is 1.43. The van der Waals surface area contributed by atoms with Crippen molar-refractivity contribution in [2.75, 3.05) is 24.5 Å². The van der Waals surface area contributed by atoms with Crippen LogP contribution < -0.4 is 15.5 Å². The SMILES string of the molecule is Cc1cnccc1CCNC(=O)NC1CCCN(c2cnn(C)c2)C1. The molecule has 0 spiro atoms. The number of anilines is 1. The van der Waals surface area contributed by atoms with E-state index < -0.39 is 0 Å². The fourth-order valence-electron chi connectivity index (χ4n) is 3.23. The Morgan fingerprint density at radius 2 is 2.28 bits per heavy atom. The summed E-state index contributed by atoms with van der Waals surface area (Å²) in [4.78, 5) is 18.5. The summed E-state index contributed by atoms with van der Waals surface area (Å²) in [5, 5.41) is 10.3. The molecule has 0 radical (unpaired) electrons. The van der Waals surface area contributed by atoms with E-state index >= 15 is 0 Å². The van der Waals surface area contributed by atoms with Gasteiger partial charge in [0.15, 0.2) is 0 Å². The highest BCUT2D eigenvalue weighted by Gasteiger charge is 2.22. The lowest BCUT2D eigenvalue weighted by molar-refractivity contribution is 0.235. The fourth-order valence-corrected chi connectivity index (χ4v) is 3.23. The molecule has 0 saturated carbocycles. The first kappa shape index (κ1) is 17.3. The third-order valence-corrected chi connectivity index (χ3v) is 4.63. The molecule has 2 aromatic rings. The van der Waals surface area contributed by atoms with Gasteiger partial charge in [0.25, 0.3) is 0 Å². The molecule has 1 saturated heterocycles. The van der Waals surface area contributed by atoms with Crippen LogP contribution in [0.4, 0.5) is 10.5 Å². The first-order chi connectivity index (χ1) is 12.1. The lowest BCUT2D eigenvalue weighted by Crippen LogP contribution is -2.50. The van der Waals surface area contributed by atoms with E-state index in [-0.39, 0.29) is 12.1 Å². The second-order valence-corrected chi connectivity index (χ2v) is 6.61. The standard InChI is InChI=1S/C18H26N6O/c1-14-10-19-7-5-15(14)6-8-20-18(25)22-16-4-3-9-24(12-16)17-11-21-23(2)13-17/h5,7,10-11,13,16H,3-4,6,8-9,12H2,1-2H3,(H2,20,22,25). The van der Waals surface area contributed by atoms with Crippen molar-refractivity contribution in [1.29, 1.82) is 0 Å². The number of urea groups is 1. The van der Waals surface area contributed by atoms with Gasteiger partial charge in [0.05, 0.1) is 11.9 Å². The van der Waals surface area contributed by atoms with E-state index in [1.807, 2.05) is 38.6 Å². The molecule has 7 nitrogen and oxygen atoms in total. The molecule has 2 aromatic heterocycles. The van der Waals surface area contributed by atoms with Crippen LogP contribution in [0.15, 0.2) is 30.9 Å². The Morgan fingerprint density at radius 3 is 3.04 bits per heavy atom. The van der Waals surface area contributed by atoms with Crippen LogP contribution in [0, 0.1) is 6.92 Å². The van der Waals surface area contributed by atoms with E-state index in [4.69, 9.17) is 0 Å². The van der Waals surface area contributed by atoms with Crippen molar-refractivity contribution in [3.63, 3.8) is 0 Å². The third kappa shape index (κ3) is 4.71. The third-order valence-electron chi connectivity index (χ3n) is 4.63. The quantitative estimate of drug-likeness (QED) is 0.866. The van der Waals surface area contributed by atoms with Gasteiger partial charge in [-0.2, -0.15) is 5.10 Å². The van der Waals surface area contributed by atoms with Gasteiger partial charge < -0.3 is 15.5 Å². The lowest BCUT2D eigenvalue weighted by atomic mass is 10.1. The minimum Gasteiger partial charge on any atom is -0.367 e. The van der Waals surface area contributed by atoms with Crippen molar-refractivity contribution in [3.8, 4) is 0 Å². The van der Waals surface area contributed by atoms with E-state index in [1.165, 1.54) is 5.56 Å². The van der Waals surface area contributed by atoms with E-state index in [2.05, 4.69) is 25.6 Å². The number of hydrogen-bond acceptors (Lipinski definition) is 4. The lowest BCUT2D eigenvalue weighted by Gasteiger charge is -2.33. The Morgan fingerprint density at radius 1 is 1.40 bits per heavy atom. The molecule has 7 heteroatoms. The van der Waals surface area contributed by atoms with Crippen LogP contribution >= 0.6 is 0 Å². The fraction of sp³-hybridized carbons (Fsp3) is 0.500. The van der Waals surface area contributed by atoms with Crippen LogP contribution in [0.3, 0.4) is 0 Å². The van der Waals surface area contributed by atoms with Gasteiger partial charge >= 0.3 is 6.03 Å². The molecule has 0 bridgehead atoms. The topological polar surface area (TPSA) is 75.1 Å². The van der Waals surface area contributed by atoms with Crippen molar-refractivity contribution < 1.29 is 4.79 Å². The van der Waals surface area contributed by atoms with Crippen LogP contribution in [-0.2, 0) is 13.5 Å². The maximum Gasteiger partial charge on any atom is 0.315 e. The average molecular weight is 342 g/mol. The molecular weight excluding hydrogens is 316 g/mol. The maximum absolute atomic E-state index is 12.2. The number of aryl methyl sites for hydroxylation is 2. The monoisotopic (exact) mass is 342 g/mol. The number of nitrogens with zero attached hydrogens (tertiary/aromatic N) is 4. The smallest absolute Gasteiger partial charge is 0.315 e. The predicted molar refractivity (Wildman–Crippen MR) is 97.7 cm³/mol. The Kier molecular flexibility index (Phi) is 5.53. The molecule has 2 N–H and O–H groups in total. The summed E-state index contributed by atoms with van der Waals surface area (Å²) in [7, 11) is 1.92. The number of piperidine rings is 1. The second-order valence-electron chi connectivity index (χ2n) is 6.61. The van der Waals surface area contributed by atoms with Gasteiger partial charge in [0.1, 0.15) is 0 Å². The summed E-state index contributed by atoms with van der Waals surface area (Å²) in [6, 6.07) is 2.07. The van der Waals surface area contributed by atoms with Gasteiger partial charge in [-0.1, -0.05) is 0 Å². The number of hydrogen-bond donors (Lipinski definition) is 2. The molecule has 25 heavy (non-hydrogen) atoms. The molecule has 0 aliphatic carbocycles. The van der Waals surface area contributed by atoms with Crippen LogP contribution in [0.2, 0.25) is 0 Å². The summed E-state index contributed by atoms with van der Waals surface area (Å²) < 4.78 is 1.81. The molecule has 1 fully saturated rings. The number of carbonyl (C=O) groups is 1. The normalized spacial score (nSPS) is 17.4. The maximum atomic E-state index is 12.2. The van der Waals surface area contributed by atoms with Crippen molar-refractivity contribution in [2.24, 2.45) is 7.05 Å². The largest absolute Gasteiger partial charge is 0.367 e. The van der Waals surface area contributed by atoms with Gasteiger partial charge in [0, 0.05) is 51.3 Å². The molecule has 0 aromatic carbocycles. The number of nitrogens with one attached hydrogen (secondary N) is 2. The minimum atomic E-state index is -0.0928. The van der Waals surface area contributed by atoms with Crippen molar-refractivity contribution in [3.05, 3.63) is 42.0 Å². The highest BCUT2D eigenvalue weighted by atomic mass is 16.2. The molecule has 3 heterocycles. The molecule has 134 valence electrons. The van der Waals surface area contributed by atoms with Gasteiger partial charge in [-0.05, 0) is 43.4 Å². The summed E-state index contributed by atoms with van der Waals surface area (Å²) in [5.74, 6) is 0. The Hall–Kier alpha value is -2.57. The molecule has 1 unspecified atom stereocenters. The van der Waals surface area contributed by atoms with E-state index in [1.54, 1.807) is 10.9 Å². The zero-order chi connectivity index (χ0) is 17.6. The summed E-state index contributed by atoms with van der Waals surface area (Å²) in [6.45, 7) is 4.49. The molecule has 1 atom stereocenters. The number of carbonyl (C=O) groups excluding carboxylic acids is 1. The summed E-state index contributed by atoms with van der Waals surface area (Å²) in [6.07, 6.45) is 10.4. The highest BCUT2D eigenvalue weighted by Crippen LogP contribution is 2.18. The van der Waals surface area contributed by atoms with Gasteiger partial charge in [-0.25, -0.2) is 4.79 Å². The summed E-state index contributed by atoms with van der Waals surface area (Å²) in [5.41, 5.74) is 3.49.